The molecule has 0 spiro atoms. The molecule has 0 atom stereocenters. The summed E-state index contributed by atoms with van der Waals surface area (Å²) in [5.41, 5.74) is 6.23. The first-order valence-electron chi connectivity index (χ1n) is 4.19. The highest BCUT2D eigenvalue weighted by Gasteiger charge is 2.11. The van der Waals surface area contributed by atoms with Crippen molar-refractivity contribution in [1.29, 1.82) is 0 Å². The lowest BCUT2D eigenvalue weighted by Crippen LogP contribution is -1.86. The summed E-state index contributed by atoms with van der Waals surface area (Å²) in [4.78, 5) is 0.785. The molecule has 0 bridgehead atoms. The van der Waals surface area contributed by atoms with Gasteiger partial charge in [0, 0.05) is 15.3 Å². The number of anilines is 1. The zero-order chi connectivity index (χ0) is 9.42. The first-order valence-corrected chi connectivity index (χ1v) is 5.01. The third kappa shape index (κ3) is 1.20. The number of aryl methyl sites for hydroxylation is 1. The molecule has 0 saturated heterocycles. The Labute approximate surface area is 80.0 Å². The van der Waals surface area contributed by atoms with Crippen LogP contribution in [0.1, 0.15) is 11.8 Å². The van der Waals surface area contributed by atoms with Crippen molar-refractivity contribution in [3.05, 3.63) is 28.9 Å². The van der Waals surface area contributed by atoms with Gasteiger partial charge in [0.1, 0.15) is 5.82 Å². The number of thiophene rings is 1. The summed E-state index contributed by atoms with van der Waals surface area (Å²) in [6.07, 6.45) is 0.727. The van der Waals surface area contributed by atoms with Crippen molar-refractivity contribution in [1.82, 2.24) is 0 Å². The van der Waals surface area contributed by atoms with E-state index in [1.165, 1.54) is 11.3 Å². The van der Waals surface area contributed by atoms with Crippen LogP contribution in [0.15, 0.2) is 18.2 Å². The smallest absolute Gasteiger partial charge is 0.146 e. The molecule has 3 heteroatoms. The van der Waals surface area contributed by atoms with Crippen LogP contribution in [0.5, 0.6) is 0 Å². The average Bonchev–Trinajstić information content (AvgIpc) is 2.44. The summed E-state index contributed by atoms with van der Waals surface area (Å²) in [7, 11) is 0. The van der Waals surface area contributed by atoms with Crippen LogP contribution in [0, 0.1) is 5.82 Å². The topological polar surface area (TPSA) is 26.0 Å². The van der Waals surface area contributed by atoms with Gasteiger partial charge in [0.2, 0.25) is 0 Å². The number of hydrogen-bond donors (Lipinski definition) is 1. The van der Waals surface area contributed by atoms with E-state index < -0.39 is 0 Å². The third-order valence-corrected chi connectivity index (χ3v) is 3.35. The third-order valence-electron chi connectivity index (χ3n) is 2.08. The largest absolute Gasteiger partial charge is 0.398 e. The molecule has 0 aliphatic rings. The second kappa shape index (κ2) is 3.00. The van der Waals surface area contributed by atoms with Crippen molar-refractivity contribution in [2.75, 3.05) is 5.73 Å². The normalized spacial score (nSPS) is 10.9. The molecule has 0 aliphatic heterocycles. The molecule has 1 nitrogen and oxygen atoms in total. The van der Waals surface area contributed by atoms with Gasteiger partial charge in [0.15, 0.2) is 0 Å². The zero-order valence-electron chi connectivity index (χ0n) is 7.30. The maximum absolute atomic E-state index is 13.6. The molecule has 0 fully saturated rings. The molecule has 0 unspecified atom stereocenters. The van der Waals surface area contributed by atoms with Gasteiger partial charge in [-0.3, -0.25) is 0 Å². The van der Waals surface area contributed by atoms with Gasteiger partial charge in [0.25, 0.3) is 0 Å². The Bertz CT molecular complexity index is 447. The van der Waals surface area contributed by atoms with Crippen LogP contribution in [-0.2, 0) is 6.42 Å². The van der Waals surface area contributed by atoms with Crippen LogP contribution >= 0.6 is 11.3 Å². The number of nitrogen functional groups attached to an aromatic ring is 1. The Hall–Kier alpha value is -1.09. The predicted octanol–water partition coefficient (Wildman–Crippen LogP) is 3.19. The van der Waals surface area contributed by atoms with E-state index in [1.807, 2.05) is 19.1 Å². The Morgan fingerprint density at radius 3 is 2.85 bits per heavy atom. The van der Waals surface area contributed by atoms with E-state index in [2.05, 4.69) is 0 Å². The van der Waals surface area contributed by atoms with Crippen molar-refractivity contribution in [3.8, 4) is 0 Å². The average molecular weight is 195 g/mol. The van der Waals surface area contributed by atoms with Gasteiger partial charge in [-0.2, -0.15) is 0 Å². The standard InChI is InChI=1S/C10H10FNS/c1-2-7-10(11)9-6(12)4-3-5-8(9)13-7/h3-5H,2,12H2,1H3. The fraction of sp³-hybridized carbons (Fsp3) is 0.200. The van der Waals surface area contributed by atoms with Crippen LogP contribution in [-0.4, -0.2) is 0 Å². The second-order valence-electron chi connectivity index (χ2n) is 2.91. The summed E-state index contributed by atoms with van der Waals surface area (Å²) in [5, 5.41) is 0.587. The summed E-state index contributed by atoms with van der Waals surface area (Å²) in [6, 6.07) is 5.49. The minimum Gasteiger partial charge on any atom is -0.398 e. The fourth-order valence-electron chi connectivity index (χ4n) is 1.41. The van der Waals surface area contributed by atoms with Gasteiger partial charge >= 0.3 is 0 Å². The number of benzene rings is 1. The van der Waals surface area contributed by atoms with Crippen LogP contribution in [0.25, 0.3) is 10.1 Å². The lowest BCUT2D eigenvalue weighted by molar-refractivity contribution is 0.631. The van der Waals surface area contributed by atoms with Crippen LogP contribution in [0.3, 0.4) is 0 Å². The molecule has 0 aliphatic carbocycles. The van der Waals surface area contributed by atoms with E-state index in [0.717, 1.165) is 16.0 Å². The molecule has 1 aromatic carbocycles. The van der Waals surface area contributed by atoms with Gasteiger partial charge in [-0.25, -0.2) is 4.39 Å². The fourth-order valence-corrected chi connectivity index (χ4v) is 2.47. The summed E-state index contributed by atoms with van der Waals surface area (Å²) in [5.74, 6) is -0.138. The van der Waals surface area contributed by atoms with Gasteiger partial charge in [0.05, 0.1) is 5.39 Å². The highest BCUT2D eigenvalue weighted by molar-refractivity contribution is 7.19. The summed E-state index contributed by atoms with van der Waals surface area (Å²) >= 11 is 1.48. The summed E-state index contributed by atoms with van der Waals surface area (Å²) in [6.45, 7) is 1.95. The summed E-state index contributed by atoms with van der Waals surface area (Å²) < 4.78 is 14.6. The molecule has 0 radical (unpaired) electrons. The van der Waals surface area contributed by atoms with Gasteiger partial charge in [-0.1, -0.05) is 13.0 Å². The van der Waals surface area contributed by atoms with Crippen molar-refractivity contribution in [3.63, 3.8) is 0 Å². The Kier molecular flexibility index (Phi) is 1.96. The number of nitrogens with two attached hydrogens (primary N) is 1. The van der Waals surface area contributed by atoms with Gasteiger partial charge in [-0.05, 0) is 18.6 Å². The SMILES string of the molecule is CCc1sc2cccc(N)c2c1F. The molecule has 0 saturated carbocycles. The maximum atomic E-state index is 13.6. The Balaban J connectivity index is 2.85. The molecule has 1 aromatic heterocycles. The van der Waals surface area contributed by atoms with Crippen molar-refractivity contribution < 1.29 is 4.39 Å². The molecule has 2 rings (SSSR count). The first kappa shape index (κ1) is 8.51. The zero-order valence-corrected chi connectivity index (χ0v) is 8.12. The van der Waals surface area contributed by atoms with Gasteiger partial charge in [-0.15, -0.1) is 11.3 Å². The number of fused-ring (bicyclic) bond motifs is 1. The monoisotopic (exact) mass is 195 g/mol. The number of hydrogen-bond acceptors (Lipinski definition) is 2. The highest BCUT2D eigenvalue weighted by Crippen LogP contribution is 2.33. The Morgan fingerprint density at radius 1 is 1.46 bits per heavy atom. The molecule has 0 amide bonds. The number of halogens is 1. The van der Waals surface area contributed by atoms with E-state index in [1.54, 1.807) is 6.07 Å². The molecule has 13 heavy (non-hydrogen) atoms. The van der Waals surface area contributed by atoms with E-state index in [-0.39, 0.29) is 5.82 Å². The van der Waals surface area contributed by atoms with E-state index in [0.29, 0.717) is 11.1 Å². The van der Waals surface area contributed by atoms with Crippen molar-refractivity contribution in [2.24, 2.45) is 0 Å². The lowest BCUT2D eigenvalue weighted by Gasteiger charge is -1.94. The second-order valence-corrected chi connectivity index (χ2v) is 4.05. The molecular formula is C10H10FNS. The van der Waals surface area contributed by atoms with E-state index in [4.69, 9.17) is 5.73 Å². The van der Waals surface area contributed by atoms with E-state index in [9.17, 15) is 4.39 Å². The van der Waals surface area contributed by atoms with Crippen molar-refractivity contribution in [2.45, 2.75) is 13.3 Å². The van der Waals surface area contributed by atoms with Gasteiger partial charge < -0.3 is 5.73 Å². The van der Waals surface area contributed by atoms with Crippen molar-refractivity contribution >= 4 is 27.1 Å². The molecular weight excluding hydrogens is 185 g/mol. The van der Waals surface area contributed by atoms with Crippen LogP contribution < -0.4 is 5.73 Å². The number of rotatable bonds is 1. The minimum atomic E-state index is -0.138. The minimum absolute atomic E-state index is 0.138. The highest BCUT2D eigenvalue weighted by atomic mass is 32.1. The van der Waals surface area contributed by atoms with Crippen LogP contribution in [0.4, 0.5) is 10.1 Å². The Morgan fingerprint density at radius 2 is 2.23 bits per heavy atom. The first-order chi connectivity index (χ1) is 6.24. The lowest BCUT2D eigenvalue weighted by atomic mass is 10.2. The molecule has 2 N–H and O–H groups in total. The predicted molar refractivity (Wildman–Crippen MR) is 55.6 cm³/mol. The molecule has 1 heterocycles. The quantitative estimate of drug-likeness (QED) is 0.695. The van der Waals surface area contributed by atoms with Crippen LogP contribution in [0.2, 0.25) is 0 Å². The van der Waals surface area contributed by atoms with E-state index >= 15 is 0 Å². The molecule has 68 valence electrons. The maximum Gasteiger partial charge on any atom is 0.146 e. The molecule has 2 aromatic rings.